The van der Waals surface area contributed by atoms with Crippen LogP contribution in [0.1, 0.15) is 18.4 Å². The van der Waals surface area contributed by atoms with Gasteiger partial charge in [0.1, 0.15) is 0 Å². The van der Waals surface area contributed by atoms with E-state index in [0.717, 1.165) is 52.4 Å². The van der Waals surface area contributed by atoms with Crippen LogP contribution >= 0.6 is 0 Å². The molecule has 0 radical (unpaired) electrons. The lowest BCUT2D eigenvalue weighted by molar-refractivity contribution is 0.0361. The first-order valence-corrected chi connectivity index (χ1v) is 11.6. The van der Waals surface area contributed by atoms with E-state index in [0.29, 0.717) is 5.92 Å². The fourth-order valence-corrected chi connectivity index (χ4v) is 4.65. The van der Waals surface area contributed by atoms with Gasteiger partial charge in [-0.3, -0.25) is 9.58 Å². The van der Waals surface area contributed by atoms with Gasteiger partial charge in [-0.05, 0) is 48.9 Å². The van der Waals surface area contributed by atoms with Gasteiger partial charge in [0.15, 0.2) is 0 Å². The van der Waals surface area contributed by atoms with E-state index < -0.39 is 0 Å². The Hall–Kier alpha value is -2.63. The number of benzene rings is 2. The van der Waals surface area contributed by atoms with Crippen molar-refractivity contribution in [2.45, 2.75) is 25.8 Å². The van der Waals surface area contributed by atoms with Crippen LogP contribution in [0.3, 0.4) is 0 Å². The Bertz CT molecular complexity index is 1010. The van der Waals surface area contributed by atoms with Gasteiger partial charge in [-0.25, -0.2) is 0 Å². The molecule has 1 aromatic heterocycles. The molecule has 1 saturated heterocycles. The van der Waals surface area contributed by atoms with Crippen LogP contribution in [-0.2, 0) is 17.7 Å². The molecule has 2 aliphatic heterocycles. The number of nitrogens with zero attached hydrogens (tertiary/aromatic N) is 4. The molecule has 0 unspecified atom stereocenters. The van der Waals surface area contributed by atoms with Gasteiger partial charge in [-0.15, -0.1) is 0 Å². The number of hydrogen-bond donors (Lipinski definition) is 0. The lowest BCUT2D eigenvalue weighted by atomic mass is 9.94. The summed E-state index contributed by atoms with van der Waals surface area (Å²) in [5.41, 5.74) is 3.92. The number of rotatable bonds is 7. The number of aromatic nitrogens is 2. The monoisotopic (exact) mass is 416 g/mol. The highest BCUT2D eigenvalue weighted by molar-refractivity contribution is 5.83. The van der Waals surface area contributed by atoms with Gasteiger partial charge in [0.25, 0.3) is 0 Å². The zero-order valence-electron chi connectivity index (χ0n) is 18.2. The van der Waals surface area contributed by atoms with Crippen molar-refractivity contribution in [3.05, 3.63) is 72.6 Å². The lowest BCUT2D eigenvalue weighted by Gasteiger charge is -2.28. The molecule has 3 heterocycles. The minimum atomic E-state index is 0.670. The fraction of sp³-hybridized carbons (Fsp3) is 0.423. The molecule has 2 aliphatic rings. The highest BCUT2D eigenvalue weighted by Crippen LogP contribution is 2.27. The normalized spacial score (nSPS) is 19.9. The molecule has 5 nitrogen and oxygen atoms in total. The molecule has 0 amide bonds. The standard InChI is InChI=1S/C26H32N4O/c1-2-4-22(5-3-1)6-7-23-10-12-29(13-11-23)25-8-9-26-24(20-25)21-27-30(26)15-14-28-16-18-31-19-17-28/h1-5,8-10,12,20-21,23H,6-7,11,13-19H2/t23-/m0/s1. The van der Waals surface area contributed by atoms with Crippen molar-refractivity contribution in [2.24, 2.45) is 5.92 Å². The van der Waals surface area contributed by atoms with Crippen LogP contribution < -0.4 is 4.90 Å². The van der Waals surface area contributed by atoms with E-state index in [-0.39, 0.29) is 0 Å². The van der Waals surface area contributed by atoms with Crippen molar-refractivity contribution in [3.63, 3.8) is 0 Å². The summed E-state index contributed by atoms with van der Waals surface area (Å²) in [5.74, 6) is 0.670. The number of fused-ring (bicyclic) bond motifs is 1. The number of aryl methyl sites for hydroxylation is 1. The molecule has 0 spiro atoms. The molecule has 0 saturated carbocycles. The fourth-order valence-electron chi connectivity index (χ4n) is 4.65. The average Bonchev–Trinajstić information content (AvgIpc) is 3.25. The van der Waals surface area contributed by atoms with Crippen LogP contribution in [0.4, 0.5) is 5.69 Å². The van der Waals surface area contributed by atoms with E-state index >= 15 is 0 Å². The Morgan fingerprint density at radius 1 is 0.968 bits per heavy atom. The van der Waals surface area contributed by atoms with Crippen LogP contribution in [-0.4, -0.2) is 54.1 Å². The summed E-state index contributed by atoms with van der Waals surface area (Å²) < 4.78 is 7.58. The van der Waals surface area contributed by atoms with Crippen molar-refractivity contribution >= 4 is 16.6 Å². The molecule has 3 aromatic rings. The quantitative estimate of drug-likeness (QED) is 0.574. The zero-order chi connectivity index (χ0) is 20.9. The number of anilines is 1. The molecule has 31 heavy (non-hydrogen) atoms. The van der Waals surface area contributed by atoms with Crippen molar-refractivity contribution in [2.75, 3.05) is 44.3 Å². The van der Waals surface area contributed by atoms with E-state index in [1.807, 2.05) is 6.20 Å². The Morgan fingerprint density at radius 3 is 2.65 bits per heavy atom. The second-order valence-corrected chi connectivity index (χ2v) is 8.67. The lowest BCUT2D eigenvalue weighted by Crippen LogP contribution is -2.38. The first-order chi connectivity index (χ1) is 15.3. The molecule has 1 atom stereocenters. The van der Waals surface area contributed by atoms with Gasteiger partial charge in [0, 0.05) is 43.5 Å². The molecular weight excluding hydrogens is 384 g/mol. The highest BCUT2D eigenvalue weighted by atomic mass is 16.5. The number of allylic oxidation sites excluding steroid dienone is 1. The Balaban J connectivity index is 1.19. The molecular formula is C26H32N4O. The van der Waals surface area contributed by atoms with Gasteiger partial charge in [0.05, 0.1) is 31.5 Å². The molecule has 0 bridgehead atoms. The van der Waals surface area contributed by atoms with E-state index in [1.165, 1.54) is 35.0 Å². The second-order valence-electron chi connectivity index (χ2n) is 8.67. The third-order valence-electron chi connectivity index (χ3n) is 6.61. The van der Waals surface area contributed by atoms with Crippen LogP contribution in [0.5, 0.6) is 0 Å². The number of ether oxygens (including phenoxy) is 1. The minimum Gasteiger partial charge on any atom is -0.379 e. The summed E-state index contributed by atoms with van der Waals surface area (Å²) in [6.45, 7) is 6.77. The van der Waals surface area contributed by atoms with Gasteiger partial charge in [0.2, 0.25) is 0 Å². The summed E-state index contributed by atoms with van der Waals surface area (Å²) in [7, 11) is 0. The SMILES string of the molecule is C1=CN(c2ccc3c(cnn3CCN3CCOCC3)c2)CC[C@H]1CCc1ccccc1. The highest BCUT2D eigenvalue weighted by Gasteiger charge is 2.16. The van der Waals surface area contributed by atoms with E-state index in [2.05, 4.69) is 80.4 Å². The predicted molar refractivity (Wildman–Crippen MR) is 126 cm³/mol. The zero-order valence-corrected chi connectivity index (χ0v) is 18.2. The van der Waals surface area contributed by atoms with Crippen molar-refractivity contribution < 1.29 is 4.74 Å². The van der Waals surface area contributed by atoms with Gasteiger partial charge < -0.3 is 9.64 Å². The molecule has 2 aromatic carbocycles. The van der Waals surface area contributed by atoms with Crippen LogP contribution in [0.15, 0.2) is 67.0 Å². The van der Waals surface area contributed by atoms with Crippen molar-refractivity contribution in [1.29, 1.82) is 0 Å². The van der Waals surface area contributed by atoms with E-state index in [4.69, 9.17) is 4.74 Å². The summed E-state index contributed by atoms with van der Waals surface area (Å²) >= 11 is 0. The van der Waals surface area contributed by atoms with Gasteiger partial charge in [-0.1, -0.05) is 36.4 Å². The van der Waals surface area contributed by atoms with Crippen molar-refractivity contribution in [1.82, 2.24) is 14.7 Å². The predicted octanol–water partition coefficient (Wildman–Crippen LogP) is 4.34. The van der Waals surface area contributed by atoms with Crippen LogP contribution in [0.2, 0.25) is 0 Å². The maximum absolute atomic E-state index is 5.44. The third kappa shape index (κ3) is 5.00. The smallest absolute Gasteiger partial charge is 0.0684 e. The first kappa shape index (κ1) is 20.3. The second kappa shape index (κ2) is 9.67. The van der Waals surface area contributed by atoms with Gasteiger partial charge in [-0.2, -0.15) is 5.10 Å². The molecule has 162 valence electrons. The summed E-state index contributed by atoms with van der Waals surface area (Å²) in [6.07, 6.45) is 10.3. The number of morpholine rings is 1. The first-order valence-electron chi connectivity index (χ1n) is 11.6. The molecule has 0 aliphatic carbocycles. The topological polar surface area (TPSA) is 33.5 Å². The Labute approximate surface area is 184 Å². The molecule has 5 heteroatoms. The third-order valence-corrected chi connectivity index (χ3v) is 6.61. The molecule has 0 N–H and O–H groups in total. The van der Waals surface area contributed by atoms with Crippen molar-refractivity contribution in [3.8, 4) is 0 Å². The van der Waals surface area contributed by atoms with Gasteiger partial charge >= 0.3 is 0 Å². The minimum absolute atomic E-state index is 0.670. The summed E-state index contributed by atoms with van der Waals surface area (Å²) in [5, 5.41) is 5.87. The molecule has 1 fully saturated rings. The Kier molecular flexibility index (Phi) is 6.33. The summed E-state index contributed by atoms with van der Waals surface area (Å²) in [6, 6.07) is 17.6. The largest absolute Gasteiger partial charge is 0.379 e. The van der Waals surface area contributed by atoms with Crippen LogP contribution in [0, 0.1) is 5.92 Å². The Morgan fingerprint density at radius 2 is 1.84 bits per heavy atom. The molecule has 5 rings (SSSR count). The van der Waals surface area contributed by atoms with E-state index in [1.54, 1.807) is 0 Å². The van der Waals surface area contributed by atoms with E-state index in [9.17, 15) is 0 Å². The summed E-state index contributed by atoms with van der Waals surface area (Å²) in [4.78, 5) is 4.83. The maximum atomic E-state index is 5.44. The van der Waals surface area contributed by atoms with Crippen LogP contribution in [0.25, 0.3) is 10.9 Å². The average molecular weight is 417 g/mol. The number of hydrogen-bond acceptors (Lipinski definition) is 4. The maximum Gasteiger partial charge on any atom is 0.0684 e.